The topological polar surface area (TPSA) is 175 Å². The monoisotopic (exact) mass is 816 g/mol. The number of para-hydroxylation sites is 1. The summed E-state index contributed by atoms with van der Waals surface area (Å²) in [6.07, 6.45) is 11.6. The van der Waals surface area contributed by atoms with E-state index < -0.39 is 11.8 Å². The maximum absolute atomic E-state index is 13.3. The number of allylic oxidation sites excluding steroid dienone is 5. The van der Waals surface area contributed by atoms with Gasteiger partial charge in [-0.2, -0.15) is 0 Å². The van der Waals surface area contributed by atoms with E-state index in [0.29, 0.717) is 56.7 Å². The second-order valence-electron chi connectivity index (χ2n) is 14.1. The van der Waals surface area contributed by atoms with Crippen LogP contribution >= 0.6 is 0 Å². The molecule has 3 aromatic rings. The van der Waals surface area contributed by atoms with Crippen LogP contribution in [0.1, 0.15) is 34.0 Å². The zero-order valence-electron chi connectivity index (χ0n) is 34.6. The first kappa shape index (κ1) is 44.0. The zero-order valence-corrected chi connectivity index (χ0v) is 34.6. The highest BCUT2D eigenvalue weighted by Crippen LogP contribution is 2.36. The summed E-state index contributed by atoms with van der Waals surface area (Å²) in [6, 6.07) is 17.1. The van der Waals surface area contributed by atoms with Gasteiger partial charge in [0.05, 0.1) is 44.0 Å². The minimum atomic E-state index is -0.509. The molecule has 0 saturated heterocycles. The van der Waals surface area contributed by atoms with Crippen molar-refractivity contribution in [3.63, 3.8) is 0 Å². The Balaban J connectivity index is 1.33. The van der Waals surface area contributed by atoms with Crippen molar-refractivity contribution >= 4 is 46.9 Å². The van der Waals surface area contributed by atoms with Gasteiger partial charge in [-0.25, -0.2) is 0 Å². The number of anilines is 3. The molecule has 4 amide bonds. The van der Waals surface area contributed by atoms with Gasteiger partial charge in [0.25, 0.3) is 5.91 Å². The minimum absolute atomic E-state index is 0.0418. The number of carbonyl (C=O) groups excluding carboxylic acids is 4. The van der Waals surface area contributed by atoms with Crippen molar-refractivity contribution in [2.45, 2.75) is 32.6 Å². The van der Waals surface area contributed by atoms with Gasteiger partial charge < -0.3 is 50.6 Å². The summed E-state index contributed by atoms with van der Waals surface area (Å²) < 4.78 is 18.1. The molecule has 0 radical (unpaired) electrons. The number of benzene rings is 3. The Morgan fingerprint density at radius 3 is 2.48 bits per heavy atom. The molecular formula is C45H52N8O7. The molecule has 314 valence electrons. The highest BCUT2D eigenvalue weighted by Gasteiger charge is 2.21. The normalized spacial score (nSPS) is 15.8. The van der Waals surface area contributed by atoms with Crippen molar-refractivity contribution in [2.24, 2.45) is 4.99 Å². The molecule has 0 spiro atoms. The van der Waals surface area contributed by atoms with Gasteiger partial charge in [0.1, 0.15) is 19.0 Å². The fraction of sp³-hybridized carbons (Fsp3) is 0.267. The Bertz CT molecular complexity index is 2220. The van der Waals surface area contributed by atoms with E-state index in [9.17, 15) is 19.2 Å². The number of methoxy groups -OCH3 is 1. The third kappa shape index (κ3) is 12.4. The number of nitrogens with zero attached hydrogens (tertiary/aromatic N) is 3. The zero-order chi connectivity index (χ0) is 43.2. The second-order valence-corrected chi connectivity index (χ2v) is 14.1. The van der Waals surface area contributed by atoms with Crippen LogP contribution in [0.3, 0.4) is 0 Å². The summed E-state index contributed by atoms with van der Waals surface area (Å²) in [5.41, 5.74) is 6.33. The molecule has 3 aromatic carbocycles. The Morgan fingerprint density at radius 2 is 1.73 bits per heavy atom. The summed E-state index contributed by atoms with van der Waals surface area (Å²) in [5, 5.41) is 14.0. The van der Waals surface area contributed by atoms with E-state index in [1.807, 2.05) is 50.7 Å². The summed E-state index contributed by atoms with van der Waals surface area (Å²) in [4.78, 5) is 58.5. The second kappa shape index (κ2) is 21.0. The first-order chi connectivity index (χ1) is 28.8. The van der Waals surface area contributed by atoms with Crippen LogP contribution < -0.4 is 45.9 Å². The third-order valence-corrected chi connectivity index (χ3v) is 9.36. The molecule has 5 N–H and O–H groups in total. The van der Waals surface area contributed by atoms with Gasteiger partial charge in [-0.15, -0.1) is 0 Å². The minimum Gasteiger partial charge on any atom is -0.493 e. The molecule has 2 aliphatic heterocycles. The SMILES string of the molecule is C=C1/C=C\C=C/N(C)c2cc(OCc3cc(COC(=C)/C=C(C)/N=C\[C@@H]4Cc5ccccc5N4)cc(N(C)C(=O)CNC(=O)CNC(=O)CNC)c3)c(OC)cc2C(=O)N1. The lowest BCUT2D eigenvalue weighted by atomic mass is 10.1. The fourth-order valence-corrected chi connectivity index (χ4v) is 6.26. The van der Waals surface area contributed by atoms with E-state index in [1.165, 1.54) is 17.6 Å². The molecule has 0 bridgehead atoms. The lowest BCUT2D eigenvalue weighted by Gasteiger charge is -2.22. The molecule has 0 unspecified atom stereocenters. The molecule has 15 nitrogen and oxygen atoms in total. The summed E-state index contributed by atoms with van der Waals surface area (Å²) in [7, 11) is 6.52. The number of carbonyl (C=O) groups is 4. The number of amides is 4. The molecule has 2 aliphatic rings. The molecule has 0 saturated carbocycles. The molecular weight excluding hydrogens is 765 g/mol. The van der Waals surface area contributed by atoms with E-state index in [-0.39, 0.29) is 50.7 Å². The molecule has 60 heavy (non-hydrogen) atoms. The van der Waals surface area contributed by atoms with Crippen LogP contribution in [0.15, 0.2) is 120 Å². The highest BCUT2D eigenvalue weighted by molar-refractivity contribution is 6.02. The number of fused-ring (bicyclic) bond motifs is 2. The summed E-state index contributed by atoms with van der Waals surface area (Å²) in [6.45, 7) is 9.45. The van der Waals surface area contributed by atoms with Gasteiger partial charge in [-0.05, 0) is 79.6 Å². The first-order valence-corrected chi connectivity index (χ1v) is 19.2. The molecule has 15 heteroatoms. The molecule has 0 aromatic heterocycles. The van der Waals surface area contributed by atoms with E-state index in [0.717, 1.165) is 12.1 Å². The molecule has 2 heterocycles. The molecule has 0 aliphatic carbocycles. The van der Waals surface area contributed by atoms with Crippen LogP contribution in [0.5, 0.6) is 11.5 Å². The maximum atomic E-state index is 13.3. The number of likely N-dealkylation sites (N-methyl/N-ethyl adjacent to an activating group) is 2. The smallest absolute Gasteiger partial charge is 0.257 e. The van der Waals surface area contributed by atoms with Crippen molar-refractivity contribution in [1.29, 1.82) is 0 Å². The van der Waals surface area contributed by atoms with Crippen LogP contribution in [-0.2, 0) is 38.8 Å². The summed E-state index contributed by atoms with van der Waals surface area (Å²) >= 11 is 0. The van der Waals surface area contributed by atoms with Crippen LogP contribution in [0, 0.1) is 0 Å². The van der Waals surface area contributed by atoms with Crippen LogP contribution in [0.4, 0.5) is 17.1 Å². The first-order valence-electron chi connectivity index (χ1n) is 19.2. The van der Waals surface area contributed by atoms with E-state index in [1.54, 1.807) is 61.5 Å². The van der Waals surface area contributed by atoms with Crippen LogP contribution in [0.2, 0.25) is 0 Å². The number of rotatable bonds is 17. The predicted octanol–water partition coefficient (Wildman–Crippen LogP) is 4.49. The average molecular weight is 817 g/mol. The standard InChI is InChI=1S/C45H52N8O7/c1-29-12-10-11-15-52(5)39-22-41(40(58-7)21-37(39)45(57)50-29)60-28-33-17-32(18-36(19-33)53(6)44(56)26-49-43(55)25-48-42(54)24-46-4)27-59-31(3)16-30(2)47-23-35-20-34-13-8-9-14-38(34)51-35/h8-19,21-23,35,46,51H,1,3,20,24-28H2,2,4-7H3,(H,48,54)(H,49,55)(H,50,57)/b12-10-,15-11-,30-16+,47-23-/t35-/m0/s1. The molecule has 0 fully saturated rings. The number of hydrogen-bond acceptors (Lipinski definition) is 11. The largest absolute Gasteiger partial charge is 0.493 e. The fourth-order valence-electron chi connectivity index (χ4n) is 6.26. The Labute approximate surface area is 350 Å². The quantitative estimate of drug-likeness (QED) is 0.0742. The summed E-state index contributed by atoms with van der Waals surface area (Å²) in [5.74, 6) is -0.522. The van der Waals surface area contributed by atoms with Crippen molar-refractivity contribution in [3.8, 4) is 11.5 Å². The number of aliphatic imine (C=N–C) groups is 1. The van der Waals surface area contributed by atoms with Crippen molar-refractivity contribution in [3.05, 3.63) is 138 Å². The van der Waals surface area contributed by atoms with Crippen LogP contribution in [0.25, 0.3) is 0 Å². The average Bonchev–Trinajstić information content (AvgIpc) is 3.66. The molecule has 1 atom stereocenters. The van der Waals surface area contributed by atoms with Crippen molar-refractivity contribution in [1.82, 2.24) is 21.3 Å². The highest BCUT2D eigenvalue weighted by atomic mass is 16.5. The lowest BCUT2D eigenvalue weighted by molar-refractivity contribution is -0.126. The Kier molecular flexibility index (Phi) is 15.4. The predicted molar refractivity (Wildman–Crippen MR) is 234 cm³/mol. The number of ether oxygens (including phenoxy) is 3. The van der Waals surface area contributed by atoms with E-state index in [4.69, 9.17) is 14.2 Å². The maximum Gasteiger partial charge on any atom is 0.257 e. The van der Waals surface area contributed by atoms with Gasteiger partial charge in [-0.3, -0.25) is 24.2 Å². The Morgan fingerprint density at radius 1 is 1.00 bits per heavy atom. The van der Waals surface area contributed by atoms with Gasteiger partial charge >= 0.3 is 0 Å². The third-order valence-electron chi connectivity index (χ3n) is 9.36. The van der Waals surface area contributed by atoms with Gasteiger partial charge in [0, 0.05) is 61.4 Å². The van der Waals surface area contributed by atoms with Crippen molar-refractivity contribution < 1.29 is 33.4 Å². The van der Waals surface area contributed by atoms with Crippen LogP contribution in [-0.4, -0.2) is 83.8 Å². The van der Waals surface area contributed by atoms with E-state index in [2.05, 4.69) is 56.9 Å². The van der Waals surface area contributed by atoms with Gasteiger partial charge in [0.15, 0.2) is 11.5 Å². The number of hydrogen-bond donors (Lipinski definition) is 5. The van der Waals surface area contributed by atoms with E-state index >= 15 is 0 Å². The lowest BCUT2D eigenvalue weighted by Crippen LogP contribution is -2.43. The number of nitrogens with one attached hydrogen (secondary N) is 5. The van der Waals surface area contributed by atoms with Crippen molar-refractivity contribution in [2.75, 3.05) is 63.0 Å². The molecule has 5 rings (SSSR count). The van der Waals surface area contributed by atoms with Gasteiger partial charge in [0.2, 0.25) is 17.7 Å². The van der Waals surface area contributed by atoms with Gasteiger partial charge in [-0.1, -0.05) is 37.4 Å². The Hall–Kier alpha value is -7.13.